The van der Waals surface area contributed by atoms with E-state index in [0.29, 0.717) is 12.4 Å². The van der Waals surface area contributed by atoms with E-state index in [1.165, 1.54) is 22.7 Å². The van der Waals surface area contributed by atoms with Crippen molar-refractivity contribution in [2.24, 2.45) is 0 Å². The van der Waals surface area contributed by atoms with Gasteiger partial charge < -0.3 is 4.90 Å². The fourth-order valence-corrected chi connectivity index (χ4v) is 3.66. The molecular weight excluding hydrogens is 292 g/mol. The van der Waals surface area contributed by atoms with Gasteiger partial charge in [-0.1, -0.05) is 6.08 Å². The average Bonchev–Trinajstić information content (AvgIpc) is 3.21. The summed E-state index contributed by atoms with van der Waals surface area (Å²) in [4.78, 5) is 29.4. The maximum Gasteiger partial charge on any atom is 0.345 e. The first kappa shape index (κ1) is 12.5. The van der Waals surface area contributed by atoms with Crippen molar-refractivity contribution in [3.05, 3.63) is 40.9 Å². The molecule has 2 aromatic heterocycles. The number of hydroxylamine groups is 2. The van der Waals surface area contributed by atoms with Gasteiger partial charge in [0.05, 0.1) is 29.2 Å². The number of carbonyl (C=O) groups is 1. The maximum absolute atomic E-state index is 12.6. The van der Waals surface area contributed by atoms with Crippen LogP contribution in [0.3, 0.4) is 0 Å². The molecule has 1 N–H and O–H groups in total. The third kappa shape index (κ3) is 1.71. The van der Waals surface area contributed by atoms with E-state index in [9.17, 15) is 4.79 Å². The summed E-state index contributed by atoms with van der Waals surface area (Å²) in [6, 6.07) is -0.651. The number of hydrogen-bond donors (Lipinski definition) is 1. The molecule has 0 aromatic carbocycles. The minimum Gasteiger partial charge on any atom is -0.304 e. The molecule has 2 bridgehead atoms. The lowest BCUT2D eigenvalue weighted by Gasteiger charge is -2.27. The van der Waals surface area contributed by atoms with Crippen LogP contribution in [0, 0.1) is 0 Å². The number of rotatable bonds is 4. The number of H-pyrrole nitrogens is 1. The molecule has 108 valence electrons. The summed E-state index contributed by atoms with van der Waals surface area (Å²) < 4.78 is 0. The van der Waals surface area contributed by atoms with E-state index in [1.807, 2.05) is 0 Å². The van der Waals surface area contributed by atoms with E-state index in [4.69, 9.17) is 4.84 Å². The van der Waals surface area contributed by atoms with E-state index < -0.39 is 0 Å². The molecular formula is C12H12N6O2S. The first-order valence-electron chi connectivity index (χ1n) is 6.43. The number of nitrogens with one attached hydrogen (secondary N) is 1. The Morgan fingerprint density at radius 2 is 2.48 bits per heavy atom. The van der Waals surface area contributed by atoms with Crippen LogP contribution in [0.5, 0.6) is 0 Å². The summed E-state index contributed by atoms with van der Waals surface area (Å²) >= 11 is 1.53. The number of aromatic amines is 1. The third-order valence-corrected chi connectivity index (χ3v) is 4.55. The van der Waals surface area contributed by atoms with Gasteiger partial charge in [-0.2, -0.15) is 10.2 Å². The smallest absolute Gasteiger partial charge is 0.304 e. The molecule has 9 heteroatoms. The molecule has 0 aliphatic carbocycles. The molecule has 0 unspecified atom stereocenters. The lowest BCUT2D eigenvalue weighted by molar-refractivity contribution is -0.118. The molecule has 4 rings (SSSR count). The topological polar surface area (TPSA) is 87.2 Å². The van der Waals surface area contributed by atoms with E-state index >= 15 is 0 Å². The van der Waals surface area contributed by atoms with Crippen molar-refractivity contribution in [1.29, 1.82) is 0 Å². The largest absolute Gasteiger partial charge is 0.345 e. The summed E-state index contributed by atoms with van der Waals surface area (Å²) in [5.74, 6) is 0.611. The zero-order valence-corrected chi connectivity index (χ0v) is 11.8. The molecule has 2 aromatic rings. The Labute approximate surface area is 124 Å². The van der Waals surface area contributed by atoms with Gasteiger partial charge in [-0.25, -0.2) is 14.8 Å². The fraction of sp³-hybridized carbons (Fsp3) is 0.333. The minimum absolute atomic E-state index is 0.126. The first-order chi connectivity index (χ1) is 10.3. The zero-order valence-electron chi connectivity index (χ0n) is 11.0. The van der Waals surface area contributed by atoms with Crippen molar-refractivity contribution >= 4 is 17.4 Å². The molecule has 8 nitrogen and oxygen atoms in total. The molecule has 0 spiro atoms. The lowest BCUT2D eigenvalue weighted by Crippen LogP contribution is -2.35. The summed E-state index contributed by atoms with van der Waals surface area (Å²) in [7, 11) is 0. The number of thiazole rings is 1. The molecule has 2 aliphatic heterocycles. The standard InChI is InChI=1S/C12H12N6O2S/c1-2-3-20-18-7-4-17(12(18)19)9(11-13-5-15-16-11)8-10(7)21-6-14-8/h2,5-7,9H,1,3-4H2,(H,13,15,16)/t7-,9-/m0/s1. The highest BCUT2D eigenvalue weighted by molar-refractivity contribution is 7.09. The van der Waals surface area contributed by atoms with Gasteiger partial charge in [-0.05, 0) is 0 Å². The quantitative estimate of drug-likeness (QED) is 0.859. The van der Waals surface area contributed by atoms with E-state index in [1.54, 1.807) is 16.5 Å². The Morgan fingerprint density at radius 3 is 3.24 bits per heavy atom. The van der Waals surface area contributed by atoms with Crippen LogP contribution < -0.4 is 0 Å². The summed E-state index contributed by atoms with van der Waals surface area (Å²) in [6.07, 6.45) is 3.05. The van der Waals surface area contributed by atoms with E-state index in [0.717, 1.165) is 10.6 Å². The number of aromatic nitrogens is 4. The Morgan fingerprint density at radius 1 is 1.57 bits per heavy atom. The fourth-order valence-electron chi connectivity index (χ4n) is 2.77. The van der Waals surface area contributed by atoms with Crippen molar-refractivity contribution in [2.75, 3.05) is 13.2 Å². The summed E-state index contributed by atoms with van der Waals surface area (Å²) in [6.45, 7) is 4.45. The second kappa shape index (κ2) is 4.64. The Hall–Kier alpha value is -2.26. The van der Waals surface area contributed by atoms with Crippen LogP contribution in [0.4, 0.5) is 4.79 Å². The van der Waals surface area contributed by atoms with Crippen LogP contribution in [0.15, 0.2) is 24.5 Å². The summed E-state index contributed by atoms with van der Waals surface area (Å²) in [5.41, 5.74) is 2.62. The normalized spacial score (nSPS) is 23.5. The molecule has 2 amide bonds. The molecule has 21 heavy (non-hydrogen) atoms. The number of amides is 2. The number of carbonyl (C=O) groups excluding carboxylic acids is 1. The molecule has 0 radical (unpaired) electrons. The maximum atomic E-state index is 12.6. The van der Waals surface area contributed by atoms with Crippen molar-refractivity contribution < 1.29 is 9.63 Å². The SMILES string of the molecule is C=CCON1C(=O)N2C[C@H]1c1scnc1[C@H]2c1ncn[nH]1. The second-order valence-corrected chi connectivity index (χ2v) is 5.62. The van der Waals surface area contributed by atoms with Crippen molar-refractivity contribution in [2.45, 2.75) is 12.1 Å². The van der Waals surface area contributed by atoms with Gasteiger partial charge >= 0.3 is 6.03 Å². The molecule has 1 saturated heterocycles. The van der Waals surface area contributed by atoms with Crippen molar-refractivity contribution in [3.63, 3.8) is 0 Å². The van der Waals surface area contributed by atoms with Gasteiger partial charge in [0.15, 0.2) is 5.82 Å². The Bertz CT molecular complexity index is 684. The van der Waals surface area contributed by atoms with Gasteiger partial charge in [0.25, 0.3) is 0 Å². The Balaban J connectivity index is 1.78. The predicted molar refractivity (Wildman–Crippen MR) is 73.2 cm³/mol. The highest BCUT2D eigenvalue weighted by atomic mass is 32.1. The number of urea groups is 1. The van der Waals surface area contributed by atoms with Crippen LogP contribution in [0.2, 0.25) is 0 Å². The van der Waals surface area contributed by atoms with Crippen LogP contribution >= 0.6 is 11.3 Å². The highest BCUT2D eigenvalue weighted by Crippen LogP contribution is 2.46. The van der Waals surface area contributed by atoms with E-state index in [2.05, 4.69) is 26.7 Å². The lowest BCUT2D eigenvalue weighted by atomic mass is 10.0. The van der Waals surface area contributed by atoms with Gasteiger partial charge in [0.2, 0.25) is 0 Å². The van der Waals surface area contributed by atoms with Gasteiger partial charge in [-0.3, -0.25) is 9.94 Å². The van der Waals surface area contributed by atoms with Gasteiger partial charge in [0, 0.05) is 0 Å². The number of fused-ring (bicyclic) bond motifs is 4. The molecule has 2 atom stereocenters. The number of nitrogens with zero attached hydrogens (tertiary/aromatic N) is 5. The van der Waals surface area contributed by atoms with Gasteiger partial charge in [-0.15, -0.1) is 17.9 Å². The average molecular weight is 304 g/mol. The second-order valence-electron chi connectivity index (χ2n) is 4.74. The highest BCUT2D eigenvalue weighted by Gasteiger charge is 2.51. The molecule has 4 heterocycles. The van der Waals surface area contributed by atoms with Crippen LogP contribution in [0.25, 0.3) is 0 Å². The van der Waals surface area contributed by atoms with E-state index in [-0.39, 0.29) is 24.7 Å². The molecule has 2 aliphatic rings. The molecule has 0 saturated carbocycles. The van der Waals surface area contributed by atoms with Crippen LogP contribution in [-0.4, -0.2) is 49.3 Å². The number of hydrogen-bond acceptors (Lipinski definition) is 6. The van der Waals surface area contributed by atoms with Crippen LogP contribution in [-0.2, 0) is 4.84 Å². The Kier molecular flexibility index (Phi) is 2.76. The first-order valence-corrected chi connectivity index (χ1v) is 7.31. The van der Waals surface area contributed by atoms with Crippen LogP contribution in [0.1, 0.15) is 28.5 Å². The minimum atomic E-state index is -0.338. The van der Waals surface area contributed by atoms with Crippen molar-refractivity contribution in [1.82, 2.24) is 30.1 Å². The van der Waals surface area contributed by atoms with Gasteiger partial charge in [0.1, 0.15) is 18.4 Å². The monoisotopic (exact) mass is 304 g/mol. The zero-order chi connectivity index (χ0) is 14.4. The predicted octanol–water partition coefficient (Wildman–Crippen LogP) is 1.26. The summed E-state index contributed by atoms with van der Waals surface area (Å²) in [5, 5.41) is 8.12. The third-order valence-electron chi connectivity index (χ3n) is 3.61. The molecule has 1 fully saturated rings. The van der Waals surface area contributed by atoms with Crippen molar-refractivity contribution in [3.8, 4) is 0 Å².